The summed E-state index contributed by atoms with van der Waals surface area (Å²) in [5.74, 6) is 1.57. The summed E-state index contributed by atoms with van der Waals surface area (Å²) < 4.78 is 12.0. The largest absolute Gasteiger partial charge is 0.493 e. The number of amides is 1. The molecule has 0 bridgehead atoms. The van der Waals surface area contributed by atoms with Crippen LogP contribution in [-0.4, -0.2) is 39.9 Å². The quantitative estimate of drug-likeness (QED) is 0.736. The van der Waals surface area contributed by atoms with Crippen LogP contribution in [0.15, 0.2) is 18.2 Å². The van der Waals surface area contributed by atoms with Crippen molar-refractivity contribution in [2.75, 3.05) is 19.5 Å². The van der Waals surface area contributed by atoms with E-state index in [1.54, 1.807) is 29.8 Å². The highest BCUT2D eigenvalue weighted by Gasteiger charge is 2.15. The topological polar surface area (TPSA) is 90.6 Å². The van der Waals surface area contributed by atoms with Crippen molar-refractivity contribution in [3.63, 3.8) is 0 Å². The molecule has 1 aromatic carbocycles. The van der Waals surface area contributed by atoms with Crippen molar-refractivity contribution < 1.29 is 14.3 Å². The average Bonchev–Trinajstić information content (AvgIpc) is 3.15. The Hall–Kier alpha value is -2.68. The average molecular weight is 347 g/mol. The van der Waals surface area contributed by atoms with E-state index in [2.05, 4.69) is 27.5 Å². The van der Waals surface area contributed by atoms with Gasteiger partial charge in [0, 0.05) is 12.0 Å². The van der Waals surface area contributed by atoms with Gasteiger partial charge in [0.05, 0.1) is 14.2 Å². The van der Waals surface area contributed by atoms with Crippen molar-refractivity contribution in [1.82, 2.24) is 19.8 Å². The van der Waals surface area contributed by atoms with Crippen molar-refractivity contribution in [1.29, 1.82) is 0 Å². The minimum absolute atomic E-state index is 0.280. The predicted octanol–water partition coefficient (Wildman–Crippen LogP) is 2.41. The summed E-state index contributed by atoms with van der Waals surface area (Å²) >= 11 is 1.27. The van der Waals surface area contributed by atoms with Gasteiger partial charge in [-0.25, -0.2) is 0 Å². The lowest BCUT2D eigenvalue weighted by atomic mass is 10.2. The molecule has 0 unspecified atom stereocenters. The SMILES string of the molecule is CCCc1nnc2sc(NC(=O)c3ccc(OC)c(OC)c3)nn12. The van der Waals surface area contributed by atoms with Crippen LogP contribution in [0.1, 0.15) is 29.5 Å². The third kappa shape index (κ3) is 3.02. The van der Waals surface area contributed by atoms with Gasteiger partial charge in [-0.3, -0.25) is 10.1 Å². The van der Waals surface area contributed by atoms with Crippen LogP contribution in [0.5, 0.6) is 11.5 Å². The first-order valence-electron chi connectivity index (χ1n) is 7.40. The maximum Gasteiger partial charge on any atom is 0.257 e. The van der Waals surface area contributed by atoms with Crippen molar-refractivity contribution in [2.45, 2.75) is 19.8 Å². The standard InChI is InChI=1S/C15H17N5O3S/c1-4-5-12-17-18-15-20(12)19-14(24-15)16-13(21)9-6-7-10(22-2)11(8-9)23-3/h6-8H,4-5H2,1-3H3,(H,16,19,21). The number of rotatable bonds is 6. The van der Waals surface area contributed by atoms with Gasteiger partial charge in [0.25, 0.3) is 5.91 Å². The Bertz CT molecular complexity index is 873. The molecule has 0 aliphatic rings. The molecule has 0 aliphatic heterocycles. The minimum atomic E-state index is -0.280. The van der Waals surface area contributed by atoms with Gasteiger partial charge in [-0.2, -0.15) is 4.52 Å². The first kappa shape index (κ1) is 16.2. The van der Waals surface area contributed by atoms with E-state index >= 15 is 0 Å². The number of hydrogen-bond acceptors (Lipinski definition) is 7. The number of carbonyl (C=O) groups excluding carboxylic acids is 1. The number of benzene rings is 1. The Kier molecular flexibility index (Phi) is 4.61. The van der Waals surface area contributed by atoms with Gasteiger partial charge in [0.1, 0.15) is 0 Å². The Labute approximate surface area is 142 Å². The van der Waals surface area contributed by atoms with Gasteiger partial charge >= 0.3 is 0 Å². The van der Waals surface area contributed by atoms with Gasteiger partial charge in [-0.1, -0.05) is 18.3 Å². The molecule has 3 rings (SSSR count). The lowest BCUT2D eigenvalue weighted by Gasteiger charge is -2.09. The van der Waals surface area contributed by atoms with E-state index in [1.807, 2.05) is 0 Å². The zero-order valence-electron chi connectivity index (χ0n) is 13.6. The second kappa shape index (κ2) is 6.83. The van der Waals surface area contributed by atoms with E-state index in [-0.39, 0.29) is 5.91 Å². The van der Waals surface area contributed by atoms with Crippen LogP contribution < -0.4 is 14.8 Å². The number of anilines is 1. The van der Waals surface area contributed by atoms with E-state index in [0.29, 0.717) is 27.2 Å². The normalized spacial score (nSPS) is 10.8. The molecule has 2 heterocycles. The van der Waals surface area contributed by atoms with Crippen molar-refractivity contribution >= 4 is 27.3 Å². The summed E-state index contributed by atoms with van der Waals surface area (Å²) in [6, 6.07) is 4.97. The van der Waals surface area contributed by atoms with Crippen LogP contribution in [0.25, 0.3) is 4.96 Å². The smallest absolute Gasteiger partial charge is 0.257 e. The maximum absolute atomic E-state index is 12.4. The molecule has 8 nitrogen and oxygen atoms in total. The fourth-order valence-electron chi connectivity index (χ4n) is 2.23. The predicted molar refractivity (Wildman–Crippen MR) is 90.2 cm³/mol. The molecular formula is C15H17N5O3S. The highest BCUT2D eigenvalue weighted by atomic mass is 32.1. The summed E-state index contributed by atoms with van der Waals surface area (Å²) in [7, 11) is 3.07. The number of aromatic nitrogens is 4. The van der Waals surface area contributed by atoms with E-state index in [0.717, 1.165) is 18.7 Å². The molecule has 9 heteroatoms. The fourth-order valence-corrected chi connectivity index (χ4v) is 2.99. The number of nitrogens with zero attached hydrogens (tertiary/aromatic N) is 4. The van der Waals surface area contributed by atoms with Gasteiger partial charge in [-0.05, 0) is 24.6 Å². The van der Waals surface area contributed by atoms with Crippen LogP contribution >= 0.6 is 11.3 Å². The molecular weight excluding hydrogens is 330 g/mol. The van der Waals surface area contributed by atoms with Crippen LogP contribution in [0.3, 0.4) is 0 Å². The van der Waals surface area contributed by atoms with Gasteiger partial charge in [0.15, 0.2) is 17.3 Å². The monoisotopic (exact) mass is 347 g/mol. The number of nitrogens with one attached hydrogen (secondary N) is 1. The Morgan fingerprint density at radius 2 is 2.04 bits per heavy atom. The highest BCUT2D eigenvalue weighted by Crippen LogP contribution is 2.28. The van der Waals surface area contributed by atoms with E-state index in [4.69, 9.17) is 9.47 Å². The molecule has 0 aliphatic carbocycles. The molecule has 24 heavy (non-hydrogen) atoms. The summed E-state index contributed by atoms with van der Waals surface area (Å²) in [5.41, 5.74) is 0.451. The molecule has 0 radical (unpaired) electrons. The molecule has 0 saturated heterocycles. The van der Waals surface area contributed by atoms with E-state index in [9.17, 15) is 4.79 Å². The Balaban J connectivity index is 1.81. The molecule has 0 fully saturated rings. The molecule has 0 spiro atoms. The third-order valence-corrected chi connectivity index (χ3v) is 4.21. The molecule has 3 aromatic rings. The third-order valence-electron chi connectivity index (χ3n) is 3.40. The number of carbonyl (C=O) groups is 1. The van der Waals surface area contributed by atoms with Gasteiger partial charge in [0.2, 0.25) is 10.1 Å². The van der Waals surface area contributed by atoms with Crippen LogP contribution in [0, 0.1) is 0 Å². The maximum atomic E-state index is 12.4. The number of fused-ring (bicyclic) bond motifs is 1. The minimum Gasteiger partial charge on any atom is -0.493 e. The second-order valence-electron chi connectivity index (χ2n) is 4.99. The first-order chi connectivity index (χ1) is 11.7. The molecule has 0 atom stereocenters. The summed E-state index contributed by atoms with van der Waals surface area (Å²) in [6.07, 6.45) is 1.74. The van der Waals surface area contributed by atoms with Crippen molar-refractivity contribution in [3.8, 4) is 11.5 Å². The van der Waals surface area contributed by atoms with E-state index in [1.165, 1.54) is 18.4 Å². The van der Waals surface area contributed by atoms with Crippen LogP contribution in [0.2, 0.25) is 0 Å². The Morgan fingerprint density at radius 1 is 1.25 bits per heavy atom. The Morgan fingerprint density at radius 3 is 2.75 bits per heavy atom. The zero-order valence-corrected chi connectivity index (χ0v) is 14.4. The van der Waals surface area contributed by atoms with Crippen molar-refractivity contribution in [3.05, 3.63) is 29.6 Å². The van der Waals surface area contributed by atoms with Gasteiger partial charge in [-0.15, -0.1) is 15.3 Å². The molecule has 2 aromatic heterocycles. The number of methoxy groups -OCH3 is 2. The lowest BCUT2D eigenvalue weighted by molar-refractivity contribution is 0.102. The van der Waals surface area contributed by atoms with Gasteiger partial charge < -0.3 is 9.47 Å². The number of ether oxygens (including phenoxy) is 2. The zero-order chi connectivity index (χ0) is 17.1. The molecule has 126 valence electrons. The second-order valence-corrected chi connectivity index (χ2v) is 5.95. The number of aryl methyl sites for hydroxylation is 1. The fraction of sp³-hybridized carbons (Fsp3) is 0.333. The molecule has 1 amide bonds. The van der Waals surface area contributed by atoms with Crippen LogP contribution in [0.4, 0.5) is 5.13 Å². The molecule has 0 saturated carbocycles. The summed E-state index contributed by atoms with van der Waals surface area (Å²) in [6.45, 7) is 2.06. The summed E-state index contributed by atoms with van der Waals surface area (Å²) in [5, 5.41) is 15.8. The van der Waals surface area contributed by atoms with E-state index < -0.39 is 0 Å². The van der Waals surface area contributed by atoms with Crippen molar-refractivity contribution in [2.24, 2.45) is 0 Å². The van der Waals surface area contributed by atoms with Crippen LogP contribution in [-0.2, 0) is 6.42 Å². The highest BCUT2D eigenvalue weighted by molar-refractivity contribution is 7.20. The molecule has 1 N–H and O–H groups in total. The number of hydrogen-bond donors (Lipinski definition) is 1. The summed E-state index contributed by atoms with van der Waals surface area (Å²) in [4.78, 5) is 13.1. The lowest BCUT2D eigenvalue weighted by Crippen LogP contribution is -2.12. The first-order valence-corrected chi connectivity index (χ1v) is 8.22.